The van der Waals surface area contributed by atoms with Crippen molar-refractivity contribution in [3.8, 4) is 0 Å². The average molecular weight is 329 g/mol. The standard InChI is InChI=1S/C12H17BrN4S/c1-3-5-12-14-9(8-18-12)6-17-7-11(15-16-17)10(13)4-2/h7-8,10H,3-6H2,1-2H3. The summed E-state index contributed by atoms with van der Waals surface area (Å²) in [5.74, 6) is 0. The van der Waals surface area contributed by atoms with E-state index in [9.17, 15) is 0 Å². The number of alkyl halides is 1. The van der Waals surface area contributed by atoms with Crippen LogP contribution in [0.3, 0.4) is 0 Å². The minimum Gasteiger partial charge on any atom is -0.246 e. The van der Waals surface area contributed by atoms with Gasteiger partial charge in [0, 0.05) is 5.38 Å². The fourth-order valence-electron chi connectivity index (χ4n) is 1.66. The van der Waals surface area contributed by atoms with Gasteiger partial charge >= 0.3 is 0 Å². The lowest BCUT2D eigenvalue weighted by Crippen LogP contribution is -2.01. The van der Waals surface area contributed by atoms with Crippen molar-refractivity contribution in [2.45, 2.75) is 44.5 Å². The van der Waals surface area contributed by atoms with E-state index in [1.54, 1.807) is 11.3 Å². The van der Waals surface area contributed by atoms with Crippen LogP contribution < -0.4 is 0 Å². The summed E-state index contributed by atoms with van der Waals surface area (Å²) in [5.41, 5.74) is 2.06. The highest BCUT2D eigenvalue weighted by Crippen LogP contribution is 2.23. The van der Waals surface area contributed by atoms with Gasteiger partial charge in [-0.05, 0) is 19.3 Å². The highest BCUT2D eigenvalue weighted by molar-refractivity contribution is 9.09. The zero-order valence-corrected chi connectivity index (χ0v) is 13.0. The SMILES string of the molecule is CCCc1nc(Cn2cc(C(Br)CC)nn2)cs1. The molecule has 0 aliphatic rings. The van der Waals surface area contributed by atoms with Crippen molar-refractivity contribution >= 4 is 27.3 Å². The lowest BCUT2D eigenvalue weighted by atomic mass is 10.3. The molecule has 98 valence electrons. The van der Waals surface area contributed by atoms with Gasteiger partial charge in [0.05, 0.1) is 34.0 Å². The number of hydrogen-bond donors (Lipinski definition) is 0. The van der Waals surface area contributed by atoms with Crippen LogP contribution in [-0.4, -0.2) is 20.0 Å². The third kappa shape index (κ3) is 3.38. The maximum atomic E-state index is 4.59. The number of aromatic nitrogens is 4. The lowest BCUT2D eigenvalue weighted by molar-refractivity contribution is 0.638. The Hall–Kier alpha value is -0.750. The zero-order chi connectivity index (χ0) is 13.0. The maximum Gasteiger partial charge on any atom is 0.0963 e. The van der Waals surface area contributed by atoms with E-state index in [1.807, 2.05) is 10.9 Å². The summed E-state index contributed by atoms with van der Waals surface area (Å²) < 4.78 is 1.85. The highest BCUT2D eigenvalue weighted by Gasteiger charge is 2.10. The summed E-state index contributed by atoms with van der Waals surface area (Å²) in [6, 6.07) is 0. The molecule has 0 bridgehead atoms. The summed E-state index contributed by atoms with van der Waals surface area (Å²) in [5, 5.41) is 11.6. The minimum absolute atomic E-state index is 0.289. The molecule has 0 saturated carbocycles. The van der Waals surface area contributed by atoms with Gasteiger partial charge in [-0.2, -0.15) is 0 Å². The molecule has 0 radical (unpaired) electrons. The van der Waals surface area contributed by atoms with E-state index in [4.69, 9.17) is 0 Å². The molecule has 0 aliphatic carbocycles. The minimum atomic E-state index is 0.289. The molecule has 0 amide bonds. The Morgan fingerprint density at radius 1 is 1.44 bits per heavy atom. The predicted molar refractivity (Wildman–Crippen MR) is 77.2 cm³/mol. The Labute approximate surface area is 120 Å². The number of aryl methyl sites for hydroxylation is 1. The first-order valence-corrected chi connectivity index (χ1v) is 7.99. The molecule has 0 fully saturated rings. The summed E-state index contributed by atoms with van der Waals surface area (Å²) >= 11 is 5.31. The van der Waals surface area contributed by atoms with E-state index in [2.05, 4.69) is 50.5 Å². The molecule has 0 N–H and O–H groups in total. The van der Waals surface area contributed by atoms with Gasteiger partial charge in [0.2, 0.25) is 0 Å². The fourth-order valence-corrected chi connectivity index (χ4v) is 2.76. The van der Waals surface area contributed by atoms with Crippen LogP contribution in [0.15, 0.2) is 11.6 Å². The van der Waals surface area contributed by atoms with E-state index < -0.39 is 0 Å². The third-order valence-electron chi connectivity index (χ3n) is 2.62. The van der Waals surface area contributed by atoms with Crippen molar-refractivity contribution in [2.24, 2.45) is 0 Å². The van der Waals surface area contributed by atoms with Gasteiger partial charge in [-0.1, -0.05) is 35.0 Å². The van der Waals surface area contributed by atoms with E-state index in [-0.39, 0.29) is 4.83 Å². The van der Waals surface area contributed by atoms with Gasteiger partial charge in [0.25, 0.3) is 0 Å². The van der Waals surface area contributed by atoms with Crippen LogP contribution >= 0.6 is 27.3 Å². The number of thiazole rings is 1. The van der Waals surface area contributed by atoms with Crippen LogP contribution in [0.25, 0.3) is 0 Å². The quantitative estimate of drug-likeness (QED) is 0.761. The van der Waals surface area contributed by atoms with Crippen LogP contribution in [-0.2, 0) is 13.0 Å². The van der Waals surface area contributed by atoms with Crippen molar-refractivity contribution in [3.05, 3.63) is 28.0 Å². The van der Waals surface area contributed by atoms with E-state index >= 15 is 0 Å². The van der Waals surface area contributed by atoms with Gasteiger partial charge in [-0.25, -0.2) is 9.67 Å². The first-order chi connectivity index (χ1) is 8.72. The van der Waals surface area contributed by atoms with E-state index in [1.165, 1.54) is 5.01 Å². The van der Waals surface area contributed by atoms with Gasteiger partial charge in [0.1, 0.15) is 0 Å². The molecule has 0 aromatic carbocycles. The molecule has 2 aromatic heterocycles. The second-order valence-corrected chi connectivity index (χ2v) is 6.25. The Bertz CT molecular complexity index is 494. The molecular formula is C12H17BrN4S. The van der Waals surface area contributed by atoms with Gasteiger partial charge in [-0.15, -0.1) is 16.4 Å². The Morgan fingerprint density at radius 2 is 2.28 bits per heavy atom. The Kier molecular flexibility index (Phi) is 4.88. The average Bonchev–Trinajstić information content (AvgIpc) is 2.99. The molecule has 2 rings (SSSR count). The zero-order valence-electron chi connectivity index (χ0n) is 10.6. The fraction of sp³-hybridized carbons (Fsp3) is 0.583. The second kappa shape index (κ2) is 6.43. The van der Waals surface area contributed by atoms with Crippen LogP contribution in [0.4, 0.5) is 0 Å². The Morgan fingerprint density at radius 3 is 3.00 bits per heavy atom. The van der Waals surface area contributed by atoms with Crippen LogP contribution in [0.1, 0.15) is 47.9 Å². The number of halogens is 1. The molecule has 18 heavy (non-hydrogen) atoms. The molecule has 0 aliphatic heterocycles. The van der Waals surface area contributed by atoms with Crippen molar-refractivity contribution in [1.29, 1.82) is 0 Å². The maximum absolute atomic E-state index is 4.59. The lowest BCUT2D eigenvalue weighted by Gasteiger charge is -1.99. The molecule has 1 unspecified atom stereocenters. The highest BCUT2D eigenvalue weighted by atomic mass is 79.9. The summed E-state index contributed by atoms with van der Waals surface area (Å²) in [6.45, 7) is 5.00. The first-order valence-electron chi connectivity index (χ1n) is 6.20. The topological polar surface area (TPSA) is 43.6 Å². The monoisotopic (exact) mass is 328 g/mol. The van der Waals surface area contributed by atoms with Crippen molar-refractivity contribution in [2.75, 3.05) is 0 Å². The molecule has 6 heteroatoms. The summed E-state index contributed by atoms with van der Waals surface area (Å²) in [6.07, 6.45) is 5.20. The van der Waals surface area contributed by atoms with E-state index in [0.29, 0.717) is 6.54 Å². The number of rotatable bonds is 6. The second-order valence-electron chi connectivity index (χ2n) is 4.20. The first kappa shape index (κ1) is 13.7. The van der Waals surface area contributed by atoms with Gasteiger partial charge in [-0.3, -0.25) is 0 Å². The van der Waals surface area contributed by atoms with Crippen molar-refractivity contribution in [3.63, 3.8) is 0 Å². The molecule has 0 spiro atoms. The summed E-state index contributed by atoms with van der Waals surface area (Å²) in [7, 11) is 0. The van der Waals surface area contributed by atoms with Gasteiger partial charge < -0.3 is 0 Å². The molecule has 4 nitrogen and oxygen atoms in total. The Balaban J connectivity index is 2.01. The van der Waals surface area contributed by atoms with Crippen molar-refractivity contribution in [1.82, 2.24) is 20.0 Å². The normalized spacial score (nSPS) is 12.8. The molecule has 2 aromatic rings. The van der Waals surface area contributed by atoms with E-state index in [0.717, 1.165) is 30.7 Å². The molecular weight excluding hydrogens is 312 g/mol. The summed E-state index contributed by atoms with van der Waals surface area (Å²) in [4.78, 5) is 4.88. The smallest absolute Gasteiger partial charge is 0.0963 e. The molecule has 1 atom stereocenters. The number of hydrogen-bond acceptors (Lipinski definition) is 4. The van der Waals surface area contributed by atoms with Crippen LogP contribution in [0, 0.1) is 0 Å². The number of nitrogens with zero attached hydrogens (tertiary/aromatic N) is 4. The van der Waals surface area contributed by atoms with Crippen LogP contribution in [0.2, 0.25) is 0 Å². The van der Waals surface area contributed by atoms with Gasteiger partial charge in [0.15, 0.2) is 0 Å². The van der Waals surface area contributed by atoms with Crippen molar-refractivity contribution < 1.29 is 0 Å². The van der Waals surface area contributed by atoms with Crippen LogP contribution in [0.5, 0.6) is 0 Å². The largest absolute Gasteiger partial charge is 0.246 e. The molecule has 2 heterocycles. The molecule has 0 saturated heterocycles. The third-order valence-corrected chi connectivity index (χ3v) is 4.70. The predicted octanol–water partition coefficient (Wildman–Crippen LogP) is 3.58.